The van der Waals surface area contributed by atoms with Gasteiger partial charge in [0.15, 0.2) is 0 Å². The maximum Gasteiger partial charge on any atom is 0.346 e. The molecule has 3 rings (SSSR count). The van der Waals surface area contributed by atoms with Gasteiger partial charge in [0.25, 0.3) is 0 Å². The highest BCUT2D eigenvalue weighted by Gasteiger charge is 2.28. The molecule has 0 saturated carbocycles. The first-order valence-electron chi connectivity index (χ1n) is 5.32. The molecule has 0 radical (unpaired) electrons. The maximum atomic E-state index is 11.3. The predicted molar refractivity (Wildman–Crippen MR) is 72.3 cm³/mol. The topological polar surface area (TPSA) is 115 Å². The maximum absolute atomic E-state index is 11.3. The minimum absolute atomic E-state index is 0.236. The van der Waals surface area contributed by atoms with Crippen molar-refractivity contribution in [3.8, 4) is 0 Å². The number of hydrogen-bond acceptors (Lipinski definition) is 5. The molecule has 6 heteroatoms. The minimum Gasteiger partial charge on any atom is -0.477 e. The SMILES string of the molecule is NC1=CC(N)c2c(C(=O)O)sc3c(N)ccc1c23. The van der Waals surface area contributed by atoms with E-state index in [4.69, 9.17) is 17.2 Å². The van der Waals surface area contributed by atoms with E-state index in [0.717, 1.165) is 27.0 Å². The summed E-state index contributed by atoms with van der Waals surface area (Å²) in [7, 11) is 0. The van der Waals surface area contributed by atoms with Crippen molar-refractivity contribution < 1.29 is 9.90 Å². The Morgan fingerprint density at radius 3 is 2.72 bits per heavy atom. The minimum atomic E-state index is -0.985. The zero-order chi connectivity index (χ0) is 13.0. The van der Waals surface area contributed by atoms with Crippen LogP contribution in [0.25, 0.3) is 15.8 Å². The molecular formula is C12H11N3O2S. The summed E-state index contributed by atoms with van der Waals surface area (Å²) in [6, 6.07) is 3.04. The quantitative estimate of drug-likeness (QED) is 0.580. The van der Waals surface area contributed by atoms with Gasteiger partial charge in [-0.1, -0.05) is 6.07 Å². The number of hydrogen-bond donors (Lipinski definition) is 4. The zero-order valence-electron chi connectivity index (χ0n) is 9.31. The van der Waals surface area contributed by atoms with Gasteiger partial charge >= 0.3 is 5.97 Å². The van der Waals surface area contributed by atoms with Gasteiger partial charge in [-0.25, -0.2) is 4.79 Å². The van der Waals surface area contributed by atoms with Crippen LogP contribution in [0.1, 0.15) is 26.8 Å². The molecule has 0 aliphatic heterocycles. The summed E-state index contributed by atoms with van der Waals surface area (Å²) in [6.07, 6.45) is 1.67. The Hall–Kier alpha value is -2.05. The molecule has 0 spiro atoms. The number of thiophene rings is 1. The molecule has 1 aliphatic rings. The van der Waals surface area contributed by atoms with E-state index in [1.807, 2.05) is 0 Å². The van der Waals surface area contributed by atoms with E-state index < -0.39 is 12.0 Å². The summed E-state index contributed by atoms with van der Waals surface area (Å²) in [4.78, 5) is 11.5. The third-order valence-corrected chi connectivity index (χ3v) is 4.35. The molecule has 1 unspecified atom stereocenters. The molecule has 1 aromatic carbocycles. The Morgan fingerprint density at radius 2 is 2.06 bits per heavy atom. The Kier molecular flexibility index (Phi) is 2.13. The van der Waals surface area contributed by atoms with Crippen LogP contribution in [0.3, 0.4) is 0 Å². The second-order valence-electron chi connectivity index (χ2n) is 4.20. The summed E-state index contributed by atoms with van der Waals surface area (Å²) in [6.45, 7) is 0. The van der Waals surface area contributed by atoms with Crippen LogP contribution in [0, 0.1) is 0 Å². The lowest BCUT2D eigenvalue weighted by Gasteiger charge is -2.18. The van der Waals surface area contributed by atoms with Gasteiger partial charge in [0.05, 0.1) is 10.7 Å². The predicted octanol–water partition coefficient (Wildman–Crippen LogP) is 1.49. The number of rotatable bonds is 1. The molecule has 5 nitrogen and oxygen atoms in total. The van der Waals surface area contributed by atoms with Crippen LogP contribution in [-0.2, 0) is 0 Å². The highest BCUT2D eigenvalue weighted by molar-refractivity contribution is 7.21. The Labute approximate surface area is 106 Å². The molecule has 1 heterocycles. The molecule has 0 fully saturated rings. The number of aromatic carboxylic acids is 1. The van der Waals surface area contributed by atoms with Crippen molar-refractivity contribution >= 4 is 38.8 Å². The van der Waals surface area contributed by atoms with Gasteiger partial charge in [-0.2, -0.15) is 0 Å². The number of benzene rings is 1. The standard InChI is InChI=1S/C12H11N3O2S/c13-5-2-1-4-6(14)3-7(15)9-8(4)10(5)18-11(9)12(16)17/h1-3,7H,13-15H2,(H,16,17). The number of carboxylic acid groups (broad SMARTS) is 1. The van der Waals surface area contributed by atoms with Gasteiger partial charge in [0, 0.05) is 27.9 Å². The molecule has 92 valence electrons. The molecule has 0 bridgehead atoms. The van der Waals surface area contributed by atoms with Crippen LogP contribution >= 0.6 is 11.3 Å². The zero-order valence-corrected chi connectivity index (χ0v) is 10.1. The van der Waals surface area contributed by atoms with E-state index in [1.54, 1.807) is 18.2 Å². The fourth-order valence-corrected chi connectivity index (χ4v) is 3.48. The number of nitrogen functional groups attached to an aromatic ring is 1. The van der Waals surface area contributed by atoms with Crippen molar-refractivity contribution in [3.05, 3.63) is 34.2 Å². The van der Waals surface area contributed by atoms with Crippen LogP contribution in [0.5, 0.6) is 0 Å². The van der Waals surface area contributed by atoms with E-state index in [2.05, 4.69) is 0 Å². The van der Waals surface area contributed by atoms with Crippen LogP contribution in [0.2, 0.25) is 0 Å². The molecule has 1 aromatic heterocycles. The number of nitrogens with two attached hydrogens (primary N) is 3. The molecule has 2 aromatic rings. The lowest BCUT2D eigenvalue weighted by Crippen LogP contribution is -2.16. The highest BCUT2D eigenvalue weighted by Crippen LogP contribution is 2.44. The third-order valence-electron chi connectivity index (χ3n) is 3.10. The summed E-state index contributed by atoms with van der Waals surface area (Å²) in [5.41, 5.74) is 20.3. The van der Waals surface area contributed by atoms with Crippen molar-refractivity contribution in [1.29, 1.82) is 0 Å². The lowest BCUT2D eigenvalue weighted by molar-refractivity contribution is 0.0701. The number of carboxylic acids is 1. The van der Waals surface area contributed by atoms with Gasteiger partial charge < -0.3 is 22.3 Å². The first kappa shape index (κ1) is 11.1. The summed E-state index contributed by atoms with van der Waals surface area (Å²) < 4.78 is 0.742. The van der Waals surface area contributed by atoms with Crippen LogP contribution in [-0.4, -0.2) is 11.1 Å². The number of anilines is 1. The van der Waals surface area contributed by atoms with Crippen LogP contribution in [0.15, 0.2) is 18.2 Å². The van der Waals surface area contributed by atoms with Gasteiger partial charge in [-0.15, -0.1) is 11.3 Å². The number of carbonyl (C=O) groups is 1. The average Bonchev–Trinajstić information content (AvgIpc) is 2.69. The summed E-state index contributed by atoms with van der Waals surface area (Å²) in [5, 5.41) is 10.0. The Balaban J connectivity index is 2.52. The molecular weight excluding hydrogens is 250 g/mol. The molecule has 1 aliphatic carbocycles. The lowest BCUT2D eigenvalue weighted by atomic mass is 9.91. The monoisotopic (exact) mass is 261 g/mol. The smallest absolute Gasteiger partial charge is 0.346 e. The Bertz CT molecular complexity index is 718. The largest absolute Gasteiger partial charge is 0.477 e. The summed E-state index contributed by atoms with van der Waals surface area (Å²) >= 11 is 1.15. The molecule has 0 amide bonds. The molecule has 1 atom stereocenters. The fourth-order valence-electron chi connectivity index (χ4n) is 2.33. The van der Waals surface area contributed by atoms with Crippen LogP contribution in [0.4, 0.5) is 5.69 Å². The van der Waals surface area contributed by atoms with Crippen molar-refractivity contribution in [2.45, 2.75) is 6.04 Å². The van der Waals surface area contributed by atoms with E-state index in [1.165, 1.54) is 0 Å². The van der Waals surface area contributed by atoms with Crippen molar-refractivity contribution in [3.63, 3.8) is 0 Å². The molecule has 0 saturated heterocycles. The fraction of sp³-hybridized carbons (Fsp3) is 0.0833. The highest BCUT2D eigenvalue weighted by atomic mass is 32.1. The second kappa shape index (κ2) is 3.47. The second-order valence-corrected chi connectivity index (χ2v) is 5.22. The molecule has 18 heavy (non-hydrogen) atoms. The van der Waals surface area contributed by atoms with Gasteiger partial charge in [0.1, 0.15) is 4.88 Å². The van der Waals surface area contributed by atoms with Crippen molar-refractivity contribution in [2.24, 2.45) is 11.5 Å². The van der Waals surface area contributed by atoms with Gasteiger partial charge in [0.2, 0.25) is 0 Å². The van der Waals surface area contributed by atoms with Gasteiger partial charge in [-0.05, 0) is 12.1 Å². The van der Waals surface area contributed by atoms with E-state index >= 15 is 0 Å². The van der Waals surface area contributed by atoms with Crippen molar-refractivity contribution in [2.75, 3.05) is 5.73 Å². The van der Waals surface area contributed by atoms with E-state index in [9.17, 15) is 9.90 Å². The first-order chi connectivity index (χ1) is 8.50. The van der Waals surface area contributed by atoms with E-state index in [-0.39, 0.29) is 4.88 Å². The third kappa shape index (κ3) is 1.27. The van der Waals surface area contributed by atoms with Crippen LogP contribution < -0.4 is 17.2 Å². The Morgan fingerprint density at radius 1 is 1.33 bits per heavy atom. The van der Waals surface area contributed by atoms with Gasteiger partial charge in [-0.3, -0.25) is 0 Å². The first-order valence-corrected chi connectivity index (χ1v) is 6.13. The summed E-state index contributed by atoms with van der Waals surface area (Å²) in [5.74, 6) is -0.985. The van der Waals surface area contributed by atoms with Crippen molar-refractivity contribution in [1.82, 2.24) is 0 Å². The molecule has 7 N–H and O–H groups in total. The van der Waals surface area contributed by atoms with E-state index in [0.29, 0.717) is 16.9 Å². The normalized spacial score (nSPS) is 17.8. The average molecular weight is 261 g/mol.